The summed E-state index contributed by atoms with van der Waals surface area (Å²) in [4.78, 5) is 12.7. The molecule has 3 aromatic rings. The number of carbonyl (C=O) groups excluding carboxylic acids is 1. The number of amides is 1. The van der Waals surface area contributed by atoms with E-state index in [0.29, 0.717) is 5.92 Å². The first-order valence-electron chi connectivity index (χ1n) is 8.34. The van der Waals surface area contributed by atoms with E-state index in [1.54, 1.807) is 0 Å². The first kappa shape index (κ1) is 16.3. The maximum atomic E-state index is 12.7. The van der Waals surface area contributed by atoms with Gasteiger partial charge in [0.05, 0.1) is 0 Å². The molecule has 0 atom stereocenters. The summed E-state index contributed by atoms with van der Waals surface area (Å²) in [5, 5.41) is 4.16. The van der Waals surface area contributed by atoms with Gasteiger partial charge in [-0.05, 0) is 66.8 Å². The third-order valence-corrected chi connectivity index (χ3v) is 4.62. The first-order chi connectivity index (χ1) is 11.4. The van der Waals surface area contributed by atoms with E-state index in [0.717, 1.165) is 27.7 Å². The summed E-state index contributed by atoms with van der Waals surface area (Å²) in [6.45, 7) is 8.41. The lowest BCUT2D eigenvalue weighted by atomic mass is 9.93. The SMILES string of the molecule is Cc1cc(C)c(C(C)C)cc1C(=O)Nc1ccc2c(ccn2C)c1. The molecule has 0 bridgehead atoms. The summed E-state index contributed by atoms with van der Waals surface area (Å²) in [6.07, 6.45) is 2.02. The van der Waals surface area contributed by atoms with Crippen molar-refractivity contribution in [2.75, 3.05) is 5.32 Å². The Balaban J connectivity index is 1.92. The Hall–Kier alpha value is -2.55. The topological polar surface area (TPSA) is 34.0 Å². The van der Waals surface area contributed by atoms with Crippen LogP contribution >= 0.6 is 0 Å². The number of fused-ring (bicyclic) bond motifs is 1. The fraction of sp³-hybridized carbons (Fsp3) is 0.286. The Morgan fingerprint density at radius 3 is 2.50 bits per heavy atom. The number of benzene rings is 2. The molecular weight excluding hydrogens is 296 g/mol. The van der Waals surface area contributed by atoms with Gasteiger partial charge >= 0.3 is 0 Å². The summed E-state index contributed by atoms with van der Waals surface area (Å²) in [5.41, 5.74) is 6.20. The Kier molecular flexibility index (Phi) is 4.18. The average molecular weight is 320 g/mol. The van der Waals surface area contributed by atoms with Gasteiger partial charge in [0.25, 0.3) is 5.91 Å². The minimum Gasteiger partial charge on any atom is -0.351 e. The van der Waals surface area contributed by atoms with Crippen molar-refractivity contribution in [2.45, 2.75) is 33.6 Å². The van der Waals surface area contributed by atoms with Crippen LogP contribution in [0.25, 0.3) is 10.9 Å². The molecule has 1 heterocycles. The molecule has 0 unspecified atom stereocenters. The monoisotopic (exact) mass is 320 g/mol. The Morgan fingerprint density at radius 1 is 1.04 bits per heavy atom. The summed E-state index contributed by atoms with van der Waals surface area (Å²) in [6, 6.07) is 12.2. The lowest BCUT2D eigenvalue weighted by molar-refractivity contribution is 0.102. The quantitative estimate of drug-likeness (QED) is 0.709. The summed E-state index contributed by atoms with van der Waals surface area (Å²) in [7, 11) is 2.02. The van der Waals surface area contributed by atoms with Gasteiger partial charge in [-0.2, -0.15) is 0 Å². The van der Waals surface area contributed by atoms with E-state index in [1.165, 1.54) is 11.1 Å². The Bertz CT molecular complexity index is 919. The van der Waals surface area contributed by atoms with Gasteiger partial charge in [-0.25, -0.2) is 0 Å². The molecule has 1 aromatic heterocycles. The Labute approximate surface area is 143 Å². The predicted octanol–water partition coefficient (Wildman–Crippen LogP) is 5.17. The highest BCUT2D eigenvalue weighted by atomic mass is 16.1. The summed E-state index contributed by atoms with van der Waals surface area (Å²) in [5.74, 6) is 0.350. The van der Waals surface area contributed by atoms with Crippen molar-refractivity contribution < 1.29 is 4.79 Å². The van der Waals surface area contributed by atoms with Crippen LogP contribution in [0.1, 0.15) is 46.8 Å². The molecule has 0 aliphatic carbocycles. The van der Waals surface area contributed by atoms with Crippen LogP contribution in [0.15, 0.2) is 42.6 Å². The van der Waals surface area contributed by atoms with Gasteiger partial charge in [-0.3, -0.25) is 4.79 Å². The number of rotatable bonds is 3. The molecule has 0 radical (unpaired) electrons. The number of aryl methyl sites for hydroxylation is 3. The lowest BCUT2D eigenvalue weighted by Gasteiger charge is -2.15. The largest absolute Gasteiger partial charge is 0.351 e. The highest BCUT2D eigenvalue weighted by molar-refractivity contribution is 6.06. The first-order valence-corrected chi connectivity index (χ1v) is 8.34. The van der Waals surface area contributed by atoms with Crippen LogP contribution in [0.5, 0.6) is 0 Å². The number of carbonyl (C=O) groups is 1. The molecule has 1 N–H and O–H groups in total. The van der Waals surface area contributed by atoms with Crippen molar-refractivity contribution in [1.82, 2.24) is 4.57 Å². The van der Waals surface area contributed by atoms with Crippen LogP contribution in [0.2, 0.25) is 0 Å². The number of hydrogen-bond donors (Lipinski definition) is 1. The molecule has 124 valence electrons. The molecule has 3 heteroatoms. The van der Waals surface area contributed by atoms with Crippen molar-refractivity contribution in [3.05, 3.63) is 64.8 Å². The van der Waals surface area contributed by atoms with Crippen LogP contribution in [-0.2, 0) is 7.05 Å². The standard InChI is InChI=1S/C21H24N2O/c1-13(2)18-12-19(15(4)10-14(18)3)21(24)22-17-6-7-20-16(11-17)8-9-23(20)5/h6-13H,1-5H3,(H,22,24). The van der Waals surface area contributed by atoms with Gasteiger partial charge in [0.1, 0.15) is 0 Å². The lowest BCUT2D eigenvalue weighted by Crippen LogP contribution is -2.14. The van der Waals surface area contributed by atoms with Gasteiger partial charge in [0, 0.05) is 35.4 Å². The van der Waals surface area contributed by atoms with Gasteiger partial charge in [-0.15, -0.1) is 0 Å². The molecule has 0 spiro atoms. The van der Waals surface area contributed by atoms with E-state index >= 15 is 0 Å². The molecule has 0 aliphatic rings. The molecule has 0 saturated carbocycles. The maximum absolute atomic E-state index is 12.7. The zero-order chi connectivity index (χ0) is 17.4. The second-order valence-corrected chi connectivity index (χ2v) is 6.83. The third-order valence-electron chi connectivity index (χ3n) is 4.62. The van der Waals surface area contributed by atoms with Crippen LogP contribution < -0.4 is 5.32 Å². The minimum absolute atomic E-state index is 0.0512. The zero-order valence-electron chi connectivity index (χ0n) is 15.0. The van der Waals surface area contributed by atoms with E-state index < -0.39 is 0 Å². The number of nitrogens with zero attached hydrogens (tertiary/aromatic N) is 1. The molecule has 0 aliphatic heterocycles. The zero-order valence-corrected chi connectivity index (χ0v) is 15.0. The van der Waals surface area contributed by atoms with E-state index in [-0.39, 0.29) is 5.91 Å². The van der Waals surface area contributed by atoms with Crippen LogP contribution in [0.4, 0.5) is 5.69 Å². The maximum Gasteiger partial charge on any atom is 0.255 e. The number of hydrogen-bond acceptors (Lipinski definition) is 1. The Morgan fingerprint density at radius 2 is 1.79 bits per heavy atom. The predicted molar refractivity (Wildman–Crippen MR) is 101 cm³/mol. The minimum atomic E-state index is -0.0512. The van der Waals surface area contributed by atoms with Crippen molar-refractivity contribution in [3.63, 3.8) is 0 Å². The fourth-order valence-electron chi connectivity index (χ4n) is 3.29. The molecular formula is C21H24N2O. The number of anilines is 1. The van der Waals surface area contributed by atoms with E-state index in [4.69, 9.17) is 0 Å². The molecule has 24 heavy (non-hydrogen) atoms. The molecule has 3 rings (SSSR count). The van der Waals surface area contributed by atoms with Crippen molar-refractivity contribution >= 4 is 22.5 Å². The second kappa shape index (κ2) is 6.16. The molecule has 0 saturated heterocycles. The van der Waals surface area contributed by atoms with Crippen molar-refractivity contribution in [3.8, 4) is 0 Å². The van der Waals surface area contributed by atoms with E-state index in [9.17, 15) is 4.79 Å². The van der Waals surface area contributed by atoms with E-state index in [2.05, 4.69) is 42.8 Å². The van der Waals surface area contributed by atoms with Crippen molar-refractivity contribution in [2.24, 2.45) is 7.05 Å². The van der Waals surface area contributed by atoms with Gasteiger partial charge in [0.15, 0.2) is 0 Å². The van der Waals surface area contributed by atoms with Crippen LogP contribution in [-0.4, -0.2) is 10.5 Å². The van der Waals surface area contributed by atoms with Crippen LogP contribution in [0.3, 0.4) is 0 Å². The van der Waals surface area contributed by atoms with Gasteiger partial charge in [-0.1, -0.05) is 19.9 Å². The van der Waals surface area contributed by atoms with Crippen LogP contribution in [0, 0.1) is 13.8 Å². The summed E-state index contributed by atoms with van der Waals surface area (Å²) < 4.78 is 2.07. The van der Waals surface area contributed by atoms with Crippen molar-refractivity contribution in [1.29, 1.82) is 0 Å². The van der Waals surface area contributed by atoms with Gasteiger partial charge < -0.3 is 9.88 Å². The third kappa shape index (κ3) is 2.94. The average Bonchev–Trinajstić information content (AvgIpc) is 2.87. The number of aromatic nitrogens is 1. The molecule has 0 fully saturated rings. The van der Waals surface area contributed by atoms with Gasteiger partial charge in [0.2, 0.25) is 0 Å². The smallest absolute Gasteiger partial charge is 0.255 e. The highest BCUT2D eigenvalue weighted by Crippen LogP contribution is 2.25. The molecule has 1 amide bonds. The highest BCUT2D eigenvalue weighted by Gasteiger charge is 2.14. The summed E-state index contributed by atoms with van der Waals surface area (Å²) >= 11 is 0. The normalized spacial score (nSPS) is 11.2. The molecule has 3 nitrogen and oxygen atoms in total. The fourth-order valence-corrected chi connectivity index (χ4v) is 3.29. The molecule has 2 aromatic carbocycles. The second-order valence-electron chi connectivity index (χ2n) is 6.83. The van der Waals surface area contributed by atoms with E-state index in [1.807, 2.05) is 44.4 Å². The number of nitrogens with one attached hydrogen (secondary N) is 1.